The molecule has 0 aliphatic carbocycles. The highest BCUT2D eigenvalue weighted by atomic mass is 14.7. The number of nitriles is 1. The van der Waals surface area contributed by atoms with Gasteiger partial charge in [-0.05, 0) is 25.5 Å². The first kappa shape index (κ1) is 9.69. The summed E-state index contributed by atoms with van der Waals surface area (Å²) in [7, 11) is 0. The number of aromatic nitrogens is 1. The first-order chi connectivity index (χ1) is 6.08. The average Bonchev–Trinajstić information content (AvgIpc) is 2.18. The van der Waals surface area contributed by atoms with Crippen LogP contribution in [0.1, 0.15) is 25.5 Å². The van der Waals surface area contributed by atoms with E-state index in [1.807, 2.05) is 26.0 Å². The van der Waals surface area contributed by atoms with Gasteiger partial charge in [-0.1, -0.05) is 6.07 Å². The summed E-state index contributed by atoms with van der Waals surface area (Å²) in [6.45, 7) is 3.65. The summed E-state index contributed by atoms with van der Waals surface area (Å²) in [5.41, 5.74) is 6.27. The first-order valence-electron chi connectivity index (χ1n) is 4.14. The largest absolute Gasteiger partial charge is 0.323 e. The average molecular weight is 175 g/mol. The molecule has 2 N–H and O–H groups in total. The van der Waals surface area contributed by atoms with Gasteiger partial charge in [-0.2, -0.15) is 5.26 Å². The molecule has 1 atom stereocenters. The molecule has 0 saturated carbocycles. The number of hydrogen-bond acceptors (Lipinski definition) is 3. The van der Waals surface area contributed by atoms with Crippen LogP contribution in [0, 0.1) is 16.7 Å². The number of nitrogens with zero attached hydrogens (tertiary/aromatic N) is 2. The van der Waals surface area contributed by atoms with Crippen LogP contribution in [0.3, 0.4) is 0 Å². The van der Waals surface area contributed by atoms with Gasteiger partial charge in [-0.25, -0.2) is 0 Å². The van der Waals surface area contributed by atoms with E-state index in [2.05, 4.69) is 11.1 Å². The molecule has 3 heteroatoms. The molecule has 0 spiro atoms. The fourth-order valence-corrected chi connectivity index (χ4v) is 1.05. The zero-order chi connectivity index (χ0) is 9.90. The Kier molecular flexibility index (Phi) is 2.64. The Morgan fingerprint density at radius 3 is 2.77 bits per heavy atom. The quantitative estimate of drug-likeness (QED) is 0.743. The number of hydrogen-bond donors (Lipinski definition) is 1. The van der Waals surface area contributed by atoms with Gasteiger partial charge in [0.2, 0.25) is 0 Å². The van der Waals surface area contributed by atoms with Crippen LogP contribution < -0.4 is 5.73 Å². The second-order valence-electron chi connectivity index (χ2n) is 3.60. The van der Waals surface area contributed by atoms with Crippen LogP contribution in [-0.4, -0.2) is 4.98 Å². The Balaban J connectivity index is 2.94. The normalized spacial score (nSPS) is 13.4. The van der Waals surface area contributed by atoms with Crippen LogP contribution in [0.5, 0.6) is 0 Å². The smallest absolute Gasteiger partial charge is 0.0710 e. The standard InChI is InChI=1S/C10H13N3/c1-10(2,7-11)9(12)8-4-3-5-13-6-8/h3-6,9H,12H2,1-2H3. The molecule has 0 aliphatic heterocycles. The van der Waals surface area contributed by atoms with Crippen molar-refractivity contribution in [1.82, 2.24) is 4.98 Å². The summed E-state index contributed by atoms with van der Waals surface area (Å²) in [6.07, 6.45) is 3.39. The SMILES string of the molecule is CC(C)(C#N)C(N)c1cccnc1. The van der Waals surface area contributed by atoms with Crippen molar-refractivity contribution >= 4 is 0 Å². The van der Waals surface area contributed by atoms with Gasteiger partial charge in [-0.3, -0.25) is 4.98 Å². The molecule has 1 aromatic heterocycles. The molecule has 0 aromatic carbocycles. The van der Waals surface area contributed by atoms with Crippen molar-refractivity contribution in [2.45, 2.75) is 19.9 Å². The maximum Gasteiger partial charge on any atom is 0.0710 e. The van der Waals surface area contributed by atoms with Crippen molar-refractivity contribution < 1.29 is 0 Å². The van der Waals surface area contributed by atoms with Crippen molar-refractivity contribution in [3.05, 3.63) is 30.1 Å². The summed E-state index contributed by atoms with van der Waals surface area (Å²) < 4.78 is 0. The molecule has 0 fully saturated rings. The van der Waals surface area contributed by atoms with Gasteiger partial charge in [0.25, 0.3) is 0 Å². The zero-order valence-corrected chi connectivity index (χ0v) is 7.86. The minimum Gasteiger partial charge on any atom is -0.323 e. The number of pyridine rings is 1. The van der Waals surface area contributed by atoms with Crippen LogP contribution in [0.25, 0.3) is 0 Å². The van der Waals surface area contributed by atoms with Crippen LogP contribution in [-0.2, 0) is 0 Å². The van der Waals surface area contributed by atoms with E-state index in [1.165, 1.54) is 0 Å². The highest BCUT2D eigenvalue weighted by molar-refractivity contribution is 5.19. The van der Waals surface area contributed by atoms with E-state index in [1.54, 1.807) is 12.4 Å². The highest BCUT2D eigenvalue weighted by Gasteiger charge is 2.27. The molecule has 1 rings (SSSR count). The Labute approximate surface area is 78.2 Å². The fourth-order valence-electron chi connectivity index (χ4n) is 1.05. The van der Waals surface area contributed by atoms with Gasteiger partial charge in [0, 0.05) is 18.4 Å². The lowest BCUT2D eigenvalue weighted by Gasteiger charge is -2.23. The Bertz CT molecular complexity index is 311. The van der Waals surface area contributed by atoms with Gasteiger partial charge in [0.05, 0.1) is 11.5 Å². The molecule has 3 nitrogen and oxygen atoms in total. The van der Waals surface area contributed by atoms with Gasteiger partial charge in [0.15, 0.2) is 0 Å². The first-order valence-corrected chi connectivity index (χ1v) is 4.14. The van der Waals surface area contributed by atoms with Crippen LogP contribution in [0.4, 0.5) is 0 Å². The number of rotatable bonds is 2. The van der Waals surface area contributed by atoms with E-state index in [0.29, 0.717) is 0 Å². The van der Waals surface area contributed by atoms with Crippen LogP contribution in [0.2, 0.25) is 0 Å². The Morgan fingerprint density at radius 1 is 1.62 bits per heavy atom. The lowest BCUT2D eigenvalue weighted by atomic mass is 9.83. The minimum atomic E-state index is -0.553. The fraction of sp³-hybridized carbons (Fsp3) is 0.400. The summed E-state index contributed by atoms with van der Waals surface area (Å²) in [5.74, 6) is 0. The number of nitrogens with two attached hydrogens (primary N) is 1. The third-order valence-electron chi connectivity index (χ3n) is 2.11. The van der Waals surface area contributed by atoms with Gasteiger partial charge >= 0.3 is 0 Å². The molecule has 0 bridgehead atoms. The maximum atomic E-state index is 8.88. The van der Waals surface area contributed by atoms with E-state index in [-0.39, 0.29) is 6.04 Å². The van der Waals surface area contributed by atoms with Crippen LogP contribution in [0.15, 0.2) is 24.5 Å². The van der Waals surface area contributed by atoms with Gasteiger partial charge < -0.3 is 5.73 Å². The molecular formula is C10H13N3. The third-order valence-corrected chi connectivity index (χ3v) is 2.11. The van der Waals surface area contributed by atoms with Crippen molar-refractivity contribution in [2.24, 2.45) is 11.1 Å². The topological polar surface area (TPSA) is 62.7 Å². The van der Waals surface area contributed by atoms with E-state index in [0.717, 1.165) is 5.56 Å². The summed E-state index contributed by atoms with van der Waals surface area (Å²) in [6, 6.07) is 5.61. The lowest BCUT2D eigenvalue weighted by Crippen LogP contribution is -2.27. The van der Waals surface area contributed by atoms with Crippen molar-refractivity contribution in [3.63, 3.8) is 0 Å². The van der Waals surface area contributed by atoms with E-state index in [9.17, 15) is 0 Å². The summed E-state index contributed by atoms with van der Waals surface area (Å²) in [4.78, 5) is 3.96. The molecule has 0 saturated heterocycles. The van der Waals surface area contributed by atoms with Crippen LogP contribution >= 0.6 is 0 Å². The molecule has 0 aliphatic rings. The molecule has 0 radical (unpaired) electrons. The second kappa shape index (κ2) is 3.55. The predicted molar refractivity (Wildman–Crippen MR) is 50.6 cm³/mol. The van der Waals surface area contributed by atoms with E-state index >= 15 is 0 Å². The second-order valence-corrected chi connectivity index (χ2v) is 3.60. The third kappa shape index (κ3) is 2.04. The molecule has 1 unspecified atom stereocenters. The van der Waals surface area contributed by atoms with E-state index < -0.39 is 5.41 Å². The zero-order valence-electron chi connectivity index (χ0n) is 7.86. The molecule has 13 heavy (non-hydrogen) atoms. The monoisotopic (exact) mass is 175 g/mol. The highest BCUT2D eigenvalue weighted by Crippen LogP contribution is 2.29. The van der Waals surface area contributed by atoms with E-state index in [4.69, 9.17) is 11.0 Å². The molecule has 0 amide bonds. The summed E-state index contributed by atoms with van der Waals surface area (Å²) in [5, 5.41) is 8.88. The van der Waals surface area contributed by atoms with Gasteiger partial charge in [-0.15, -0.1) is 0 Å². The van der Waals surface area contributed by atoms with Crippen molar-refractivity contribution in [2.75, 3.05) is 0 Å². The predicted octanol–water partition coefficient (Wildman–Crippen LogP) is 1.63. The Hall–Kier alpha value is -1.40. The minimum absolute atomic E-state index is 0.286. The molecule has 1 heterocycles. The van der Waals surface area contributed by atoms with Gasteiger partial charge in [0.1, 0.15) is 0 Å². The molecular weight excluding hydrogens is 162 g/mol. The lowest BCUT2D eigenvalue weighted by molar-refractivity contribution is 0.393. The molecule has 68 valence electrons. The maximum absolute atomic E-state index is 8.88. The Morgan fingerprint density at radius 2 is 2.31 bits per heavy atom. The van der Waals surface area contributed by atoms with Crippen molar-refractivity contribution in [3.8, 4) is 6.07 Å². The molecule has 1 aromatic rings. The van der Waals surface area contributed by atoms with Crippen molar-refractivity contribution in [1.29, 1.82) is 5.26 Å². The summed E-state index contributed by atoms with van der Waals surface area (Å²) >= 11 is 0.